The van der Waals surface area contributed by atoms with Crippen molar-refractivity contribution < 1.29 is 4.79 Å². The smallest absolute Gasteiger partial charge is 0.227 e. The Morgan fingerprint density at radius 1 is 1.42 bits per heavy atom. The van der Waals surface area contributed by atoms with Gasteiger partial charge in [0.2, 0.25) is 5.91 Å². The molecule has 2 fully saturated rings. The van der Waals surface area contributed by atoms with Crippen LogP contribution in [0.5, 0.6) is 0 Å². The second-order valence-corrected chi connectivity index (χ2v) is 7.75. The highest BCUT2D eigenvalue weighted by Crippen LogP contribution is 2.65. The molecule has 3 nitrogen and oxygen atoms in total. The van der Waals surface area contributed by atoms with Crippen LogP contribution in [0.1, 0.15) is 60.3 Å². The lowest BCUT2D eigenvalue weighted by molar-refractivity contribution is -0.131. The third kappa shape index (κ3) is 1.93. The number of hydrogen-bond acceptors (Lipinski definition) is 2. The van der Waals surface area contributed by atoms with Gasteiger partial charge in [-0.2, -0.15) is 0 Å². The molecule has 0 saturated heterocycles. The molecule has 2 rings (SSSR count). The fourth-order valence-corrected chi connectivity index (χ4v) is 4.15. The van der Waals surface area contributed by atoms with Crippen LogP contribution >= 0.6 is 0 Å². The number of fused-ring (bicyclic) bond motifs is 2. The highest BCUT2D eigenvalue weighted by Gasteiger charge is 2.61. The molecular formula is C16H30N2O. The van der Waals surface area contributed by atoms with Crippen molar-refractivity contribution in [1.29, 1.82) is 0 Å². The molecule has 1 amide bonds. The Balaban J connectivity index is 2.12. The van der Waals surface area contributed by atoms with E-state index < -0.39 is 5.41 Å². The zero-order chi connectivity index (χ0) is 14.5. The van der Waals surface area contributed by atoms with Gasteiger partial charge in [0.1, 0.15) is 0 Å². The summed E-state index contributed by atoms with van der Waals surface area (Å²) in [4.78, 5) is 12.5. The van der Waals surface area contributed by atoms with Gasteiger partial charge in [-0.05, 0) is 49.4 Å². The van der Waals surface area contributed by atoms with Gasteiger partial charge in [0.05, 0.1) is 5.41 Å². The van der Waals surface area contributed by atoms with E-state index in [0.29, 0.717) is 18.0 Å². The van der Waals surface area contributed by atoms with Gasteiger partial charge in [-0.3, -0.25) is 4.79 Å². The van der Waals surface area contributed by atoms with E-state index >= 15 is 0 Å². The van der Waals surface area contributed by atoms with E-state index in [2.05, 4.69) is 26.1 Å². The zero-order valence-corrected chi connectivity index (χ0v) is 13.2. The summed E-state index contributed by atoms with van der Waals surface area (Å²) in [6.45, 7) is 11.5. The predicted octanol–water partition coefficient (Wildman–Crippen LogP) is 2.69. The minimum atomic E-state index is -0.414. The molecule has 2 aliphatic rings. The van der Waals surface area contributed by atoms with Crippen molar-refractivity contribution in [3.05, 3.63) is 0 Å². The highest BCUT2D eigenvalue weighted by molar-refractivity contribution is 5.82. The van der Waals surface area contributed by atoms with Gasteiger partial charge < -0.3 is 11.1 Å². The Kier molecular flexibility index (Phi) is 3.49. The van der Waals surface area contributed by atoms with Crippen LogP contribution in [0.15, 0.2) is 0 Å². The van der Waals surface area contributed by atoms with Crippen molar-refractivity contribution in [2.24, 2.45) is 27.9 Å². The standard InChI is InChI=1S/C16H30N2O/c1-6-15(4,10-17)13(19)18-12-9-11-7-8-16(12,5)14(11,2)3/h11-12H,6-10,17H2,1-5H3,(H,18,19). The summed E-state index contributed by atoms with van der Waals surface area (Å²) in [5, 5.41) is 3.33. The number of carbonyl (C=O) groups excluding carboxylic acids is 1. The van der Waals surface area contributed by atoms with Crippen LogP contribution in [0, 0.1) is 22.2 Å². The first-order valence-electron chi connectivity index (χ1n) is 7.72. The normalized spacial score (nSPS) is 39.1. The molecule has 0 radical (unpaired) electrons. The molecule has 0 aromatic carbocycles. The predicted molar refractivity (Wildman–Crippen MR) is 78.6 cm³/mol. The van der Waals surface area contributed by atoms with Crippen molar-refractivity contribution in [2.75, 3.05) is 6.54 Å². The second kappa shape index (κ2) is 4.47. The summed E-state index contributed by atoms with van der Waals surface area (Å²) in [7, 11) is 0. The average Bonchev–Trinajstić information content (AvgIpc) is 2.70. The molecular weight excluding hydrogens is 236 g/mol. The Morgan fingerprint density at radius 3 is 2.42 bits per heavy atom. The van der Waals surface area contributed by atoms with E-state index in [1.807, 2.05) is 13.8 Å². The molecule has 2 saturated carbocycles. The van der Waals surface area contributed by atoms with Crippen LogP contribution in [-0.2, 0) is 4.79 Å². The summed E-state index contributed by atoms with van der Waals surface area (Å²) >= 11 is 0. The highest BCUT2D eigenvalue weighted by atomic mass is 16.2. The number of hydrogen-bond donors (Lipinski definition) is 2. The minimum absolute atomic E-state index is 0.145. The van der Waals surface area contributed by atoms with Crippen LogP contribution in [0.4, 0.5) is 0 Å². The Morgan fingerprint density at radius 2 is 2.05 bits per heavy atom. The fourth-order valence-electron chi connectivity index (χ4n) is 4.15. The van der Waals surface area contributed by atoms with Gasteiger partial charge >= 0.3 is 0 Å². The quantitative estimate of drug-likeness (QED) is 0.822. The van der Waals surface area contributed by atoms with Crippen LogP contribution in [0.3, 0.4) is 0 Å². The topological polar surface area (TPSA) is 55.1 Å². The first-order chi connectivity index (χ1) is 8.71. The number of amides is 1. The van der Waals surface area contributed by atoms with Crippen molar-refractivity contribution in [3.8, 4) is 0 Å². The van der Waals surface area contributed by atoms with E-state index in [0.717, 1.165) is 18.8 Å². The summed E-state index contributed by atoms with van der Waals surface area (Å²) in [6, 6.07) is 0.325. The summed E-state index contributed by atoms with van der Waals surface area (Å²) in [6.07, 6.45) is 4.49. The molecule has 3 heteroatoms. The molecule has 0 heterocycles. The molecule has 3 N–H and O–H groups in total. The van der Waals surface area contributed by atoms with Gasteiger partial charge in [0, 0.05) is 12.6 Å². The SMILES string of the molecule is CCC(C)(CN)C(=O)NC1CC2CCC1(C)C2(C)C. The lowest BCUT2D eigenvalue weighted by Gasteiger charge is -2.40. The molecule has 0 aromatic heterocycles. The van der Waals surface area contributed by atoms with Crippen LogP contribution < -0.4 is 11.1 Å². The van der Waals surface area contributed by atoms with Gasteiger partial charge in [-0.1, -0.05) is 27.7 Å². The average molecular weight is 266 g/mol. The molecule has 19 heavy (non-hydrogen) atoms. The second-order valence-electron chi connectivity index (χ2n) is 7.75. The van der Waals surface area contributed by atoms with Crippen LogP contribution in [-0.4, -0.2) is 18.5 Å². The van der Waals surface area contributed by atoms with Crippen molar-refractivity contribution in [3.63, 3.8) is 0 Å². The van der Waals surface area contributed by atoms with Gasteiger partial charge in [0.15, 0.2) is 0 Å². The molecule has 110 valence electrons. The van der Waals surface area contributed by atoms with Gasteiger partial charge in [-0.15, -0.1) is 0 Å². The van der Waals surface area contributed by atoms with E-state index in [4.69, 9.17) is 5.73 Å². The van der Waals surface area contributed by atoms with E-state index in [9.17, 15) is 4.79 Å². The summed E-state index contributed by atoms with van der Waals surface area (Å²) < 4.78 is 0. The fraction of sp³-hybridized carbons (Fsp3) is 0.938. The van der Waals surface area contributed by atoms with Crippen molar-refractivity contribution in [1.82, 2.24) is 5.32 Å². The maximum absolute atomic E-state index is 12.5. The van der Waals surface area contributed by atoms with Crippen molar-refractivity contribution in [2.45, 2.75) is 66.3 Å². The number of nitrogens with one attached hydrogen (secondary N) is 1. The molecule has 0 aromatic rings. The van der Waals surface area contributed by atoms with E-state index in [1.54, 1.807) is 0 Å². The minimum Gasteiger partial charge on any atom is -0.352 e. The molecule has 4 atom stereocenters. The number of rotatable bonds is 4. The third-order valence-corrected chi connectivity index (χ3v) is 6.88. The first kappa shape index (κ1) is 14.8. The van der Waals surface area contributed by atoms with Crippen LogP contribution in [0.2, 0.25) is 0 Å². The first-order valence-corrected chi connectivity index (χ1v) is 7.72. The van der Waals surface area contributed by atoms with Crippen LogP contribution in [0.25, 0.3) is 0 Å². The van der Waals surface area contributed by atoms with Gasteiger partial charge in [-0.25, -0.2) is 0 Å². The molecule has 2 aliphatic carbocycles. The van der Waals surface area contributed by atoms with E-state index in [-0.39, 0.29) is 11.3 Å². The Bertz CT molecular complexity index is 373. The van der Waals surface area contributed by atoms with Crippen molar-refractivity contribution >= 4 is 5.91 Å². The maximum atomic E-state index is 12.5. The largest absolute Gasteiger partial charge is 0.352 e. The molecule has 4 unspecified atom stereocenters. The van der Waals surface area contributed by atoms with E-state index in [1.165, 1.54) is 12.8 Å². The molecule has 0 spiro atoms. The third-order valence-electron chi connectivity index (χ3n) is 6.88. The monoisotopic (exact) mass is 266 g/mol. The summed E-state index contributed by atoms with van der Waals surface area (Å²) in [5.74, 6) is 0.903. The molecule has 2 bridgehead atoms. The Hall–Kier alpha value is -0.570. The number of nitrogens with two attached hydrogens (primary N) is 1. The molecule has 0 aliphatic heterocycles. The summed E-state index contributed by atoms with van der Waals surface area (Å²) in [5.41, 5.74) is 5.97. The lowest BCUT2D eigenvalue weighted by Crippen LogP contribution is -2.52. The number of carbonyl (C=O) groups is 1. The maximum Gasteiger partial charge on any atom is 0.227 e. The lowest BCUT2D eigenvalue weighted by atomic mass is 9.69. The van der Waals surface area contributed by atoms with Gasteiger partial charge in [0.25, 0.3) is 0 Å². The Labute approximate surface area is 117 Å². The zero-order valence-electron chi connectivity index (χ0n) is 13.2.